The van der Waals surface area contributed by atoms with E-state index in [0.717, 1.165) is 0 Å². The molecular formula is C13H14N2O. The Bertz CT molecular complexity index is 425. The number of hydrogen-bond acceptors (Lipinski definition) is 2. The predicted molar refractivity (Wildman–Crippen MR) is 64.9 cm³/mol. The molecule has 0 aliphatic carbocycles. The topological polar surface area (TPSA) is 34.9 Å². The van der Waals surface area contributed by atoms with Crippen molar-refractivity contribution in [1.82, 2.24) is 9.55 Å². The van der Waals surface area contributed by atoms with E-state index in [1.165, 1.54) is 0 Å². The molecule has 82 valence electrons. The summed E-state index contributed by atoms with van der Waals surface area (Å²) in [6.07, 6.45) is 13.3. The molecule has 0 atom stereocenters. The zero-order valence-electron chi connectivity index (χ0n) is 9.04. The van der Waals surface area contributed by atoms with Crippen molar-refractivity contribution in [3.63, 3.8) is 0 Å². The van der Waals surface area contributed by atoms with Crippen LogP contribution in [0.3, 0.4) is 0 Å². The first-order valence-electron chi connectivity index (χ1n) is 4.88. The molecule has 3 heteroatoms. The summed E-state index contributed by atoms with van der Waals surface area (Å²) < 4.78 is 1.72. The fraction of sp³-hybridized carbons (Fsp3) is 0.0769. The molecule has 0 aliphatic heterocycles. The number of hydrogen-bond donors (Lipinski definition) is 0. The average molecular weight is 214 g/mol. The molecule has 0 aliphatic rings. The van der Waals surface area contributed by atoms with Gasteiger partial charge >= 0.3 is 0 Å². The molecule has 0 amide bonds. The quantitative estimate of drug-likeness (QED) is 0.538. The minimum atomic E-state index is 0.0102. The Hall–Kier alpha value is -2.16. The van der Waals surface area contributed by atoms with Gasteiger partial charge in [0.25, 0.3) is 0 Å². The van der Waals surface area contributed by atoms with Crippen molar-refractivity contribution in [1.29, 1.82) is 0 Å². The SMILES string of the molecule is C=C/C=C\C(=C/C=C)C(=O)Cn1ccnc1. The summed E-state index contributed by atoms with van der Waals surface area (Å²) in [6, 6.07) is 0. The second-order valence-corrected chi connectivity index (χ2v) is 3.11. The summed E-state index contributed by atoms with van der Waals surface area (Å²) in [7, 11) is 0. The third kappa shape index (κ3) is 3.53. The van der Waals surface area contributed by atoms with Gasteiger partial charge in [0.2, 0.25) is 0 Å². The lowest BCUT2D eigenvalue weighted by Crippen LogP contribution is -2.09. The van der Waals surface area contributed by atoms with Crippen LogP contribution in [-0.2, 0) is 11.3 Å². The van der Waals surface area contributed by atoms with Gasteiger partial charge in [0.15, 0.2) is 5.78 Å². The van der Waals surface area contributed by atoms with E-state index in [1.54, 1.807) is 53.7 Å². The molecule has 0 saturated carbocycles. The number of ketones is 1. The smallest absolute Gasteiger partial charge is 0.182 e. The van der Waals surface area contributed by atoms with Gasteiger partial charge in [-0.05, 0) is 0 Å². The number of rotatable bonds is 6. The zero-order valence-corrected chi connectivity index (χ0v) is 9.04. The Morgan fingerprint density at radius 2 is 2.19 bits per heavy atom. The molecule has 0 saturated heterocycles. The van der Waals surface area contributed by atoms with E-state index in [0.29, 0.717) is 5.57 Å². The summed E-state index contributed by atoms with van der Waals surface area (Å²) in [6.45, 7) is 7.42. The van der Waals surface area contributed by atoms with Gasteiger partial charge in [-0.15, -0.1) is 0 Å². The first-order valence-corrected chi connectivity index (χ1v) is 4.88. The molecule has 1 rings (SSSR count). The lowest BCUT2D eigenvalue weighted by Gasteiger charge is -2.01. The fourth-order valence-corrected chi connectivity index (χ4v) is 1.18. The van der Waals surface area contributed by atoms with E-state index in [4.69, 9.17) is 0 Å². The normalized spacial score (nSPS) is 11.6. The Morgan fingerprint density at radius 3 is 2.75 bits per heavy atom. The first-order chi connectivity index (χ1) is 7.77. The summed E-state index contributed by atoms with van der Waals surface area (Å²) in [5.41, 5.74) is 0.601. The van der Waals surface area contributed by atoms with Gasteiger partial charge in [0, 0.05) is 18.0 Å². The summed E-state index contributed by atoms with van der Waals surface area (Å²) in [5, 5.41) is 0. The third-order valence-corrected chi connectivity index (χ3v) is 1.92. The second-order valence-electron chi connectivity index (χ2n) is 3.11. The van der Waals surface area contributed by atoms with Crippen LogP contribution in [0.15, 0.2) is 67.8 Å². The van der Waals surface area contributed by atoms with Gasteiger partial charge < -0.3 is 4.57 Å². The Balaban J connectivity index is 2.75. The zero-order chi connectivity index (χ0) is 11.8. The predicted octanol–water partition coefficient (Wildman–Crippen LogP) is 2.31. The second kappa shape index (κ2) is 6.35. The first kappa shape index (κ1) is 11.9. The van der Waals surface area contributed by atoms with Gasteiger partial charge in [-0.25, -0.2) is 4.98 Å². The van der Waals surface area contributed by atoms with Crippen LogP contribution >= 0.6 is 0 Å². The third-order valence-electron chi connectivity index (χ3n) is 1.92. The molecule has 0 N–H and O–H groups in total. The summed E-state index contributed by atoms with van der Waals surface area (Å²) in [4.78, 5) is 15.7. The molecular weight excluding hydrogens is 200 g/mol. The van der Waals surface area contributed by atoms with Crippen LogP contribution in [0, 0.1) is 0 Å². The molecule has 1 heterocycles. The highest BCUT2D eigenvalue weighted by Gasteiger charge is 2.05. The summed E-state index contributed by atoms with van der Waals surface area (Å²) in [5.74, 6) is 0.0102. The number of imidazole rings is 1. The molecule has 3 nitrogen and oxygen atoms in total. The number of aromatic nitrogens is 2. The maximum absolute atomic E-state index is 11.9. The van der Waals surface area contributed by atoms with Crippen molar-refractivity contribution < 1.29 is 4.79 Å². The fourth-order valence-electron chi connectivity index (χ4n) is 1.18. The average Bonchev–Trinajstić information content (AvgIpc) is 2.76. The lowest BCUT2D eigenvalue weighted by molar-refractivity contribution is -0.115. The Labute approximate surface area is 95.1 Å². The van der Waals surface area contributed by atoms with Crippen molar-refractivity contribution in [2.45, 2.75) is 6.54 Å². The van der Waals surface area contributed by atoms with E-state index >= 15 is 0 Å². The Kier molecular flexibility index (Phi) is 4.73. The largest absolute Gasteiger partial charge is 0.330 e. The molecule has 1 aromatic heterocycles. The van der Waals surface area contributed by atoms with Crippen molar-refractivity contribution in [2.75, 3.05) is 0 Å². The monoisotopic (exact) mass is 214 g/mol. The van der Waals surface area contributed by atoms with E-state index in [2.05, 4.69) is 18.1 Å². The molecule has 0 fully saturated rings. The lowest BCUT2D eigenvalue weighted by atomic mass is 10.1. The minimum Gasteiger partial charge on any atom is -0.330 e. The van der Waals surface area contributed by atoms with E-state index in [1.807, 2.05) is 0 Å². The molecule has 16 heavy (non-hydrogen) atoms. The van der Waals surface area contributed by atoms with Gasteiger partial charge in [-0.2, -0.15) is 0 Å². The van der Waals surface area contributed by atoms with Gasteiger partial charge in [-0.1, -0.05) is 43.5 Å². The van der Waals surface area contributed by atoms with Crippen LogP contribution in [-0.4, -0.2) is 15.3 Å². The van der Waals surface area contributed by atoms with E-state index in [-0.39, 0.29) is 12.3 Å². The van der Waals surface area contributed by atoms with Crippen LogP contribution in [0.25, 0.3) is 0 Å². The minimum absolute atomic E-state index is 0.0102. The van der Waals surface area contributed by atoms with E-state index in [9.17, 15) is 4.79 Å². The molecule has 0 unspecified atom stereocenters. The van der Waals surface area contributed by atoms with E-state index < -0.39 is 0 Å². The van der Waals surface area contributed by atoms with Crippen LogP contribution < -0.4 is 0 Å². The van der Waals surface area contributed by atoms with Crippen molar-refractivity contribution in [3.05, 3.63) is 67.8 Å². The van der Waals surface area contributed by atoms with Crippen LogP contribution in [0.5, 0.6) is 0 Å². The van der Waals surface area contributed by atoms with Crippen LogP contribution in [0.1, 0.15) is 0 Å². The maximum Gasteiger partial charge on any atom is 0.182 e. The molecule has 0 radical (unpaired) electrons. The summed E-state index contributed by atoms with van der Waals surface area (Å²) >= 11 is 0. The number of Topliss-reactive ketones (excluding diaryl/α,β-unsaturated/α-hetero) is 1. The van der Waals surface area contributed by atoms with Crippen molar-refractivity contribution >= 4 is 5.78 Å². The molecule has 0 aromatic carbocycles. The van der Waals surface area contributed by atoms with Crippen molar-refractivity contribution in [3.8, 4) is 0 Å². The highest BCUT2D eigenvalue weighted by molar-refractivity contribution is 5.98. The molecule has 0 bridgehead atoms. The standard InChI is InChI=1S/C13H14N2O/c1-3-5-7-12(6-4-2)13(16)10-15-9-8-14-11-15/h3-9,11H,1-2,10H2/b7-5-,12-6+. The molecule has 1 aromatic rings. The van der Waals surface area contributed by atoms with Crippen LogP contribution in [0.4, 0.5) is 0 Å². The number of allylic oxidation sites excluding steroid dienone is 6. The van der Waals surface area contributed by atoms with Crippen molar-refractivity contribution in [2.24, 2.45) is 0 Å². The van der Waals surface area contributed by atoms with Crippen LogP contribution in [0.2, 0.25) is 0 Å². The number of carbonyl (C=O) groups is 1. The van der Waals surface area contributed by atoms with Gasteiger partial charge in [0.05, 0.1) is 12.9 Å². The Morgan fingerprint density at radius 1 is 1.38 bits per heavy atom. The van der Waals surface area contributed by atoms with Gasteiger partial charge in [0.1, 0.15) is 0 Å². The number of nitrogens with zero attached hydrogens (tertiary/aromatic N) is 2. The van der Waals surface area contributed by atoms with Gasteiger partial charge in [-0.3, -0.25) is 4.79 Å². The molecule has 0 spiro atoms. The maximum atomic E-state index is 11.9. The highest BCUT2D eigenvalue weighted by atomic mass is 16.1. The number of carbonyl (C=O) groups excluding carboxylic acids is 1. The highest BCUT2D eigenvalue weighted by Crippen LogP contribution is 2.02.